The van der Waals surface area contributed by atoms with Gasteiger partial charge in [-0.25, -0.2) is 0 Å². The summed E-state index contributed by atoms with van der Waals surface area (Å²) >= 11 is 2.10. The number of hydrogen-bond donors (Lipinski definition) is 0. The van der Waals surface area contributed by atoms with Crippen molar-refractivity contribution < 1.29 is 9.59 Å². The van der Waals surface area contributed by atoms with Gasteiger partial charge < -0.3 is 0 Å². The second-order valence-electron chi connectivity index (χ2n) is 2.81. The predicted molar refractivity (Wildman–Crippen MR) is 59.3 cm³/mol. The Kier molecular flexibility index (Phi) is 3.19. The maximum Gasteiger partial charge on any atom is 0.161 e. The predicted octanol–water partition coefficient (Wildman–Crippen LogP) is 2.61. The summed E-state index contributed by atoms with van der Waals surface area (Å²) < 4.78 is 0.896. The van der Waals surface area contributed by atoms with Gasteiger partial charge in [0.1, 0.15) is 6.29 Å². The van der Waals surface area contributed by atoms with Gasteiger partial charge in [0.05, 0.1) is 0 Å². The molecular formula is C10H9IO2. The van der Waals surface area contributed by atoms with Crippen molar-refractivity contribution in [1.82, 2.24) is 0 Å². The molecule has 1 rings (SSSR count). The van der Waals surface area contributed by atoms with Crippen molar-refractivity contribution in [2.24, 2.45) is 0 Å². The van der Waals surface area contributed by atoms with Crippen LogP contribution in [0.2, 0.25) is 0 Å². The SMILES string of the molecule is CC(=O)c1c(I)ccc(C=O)c1C. The molecule has 3 heteroatoms. The summed E-state index contributed by atoms with van der Waals surface area (Å²) in [7, 11) is 0. The average molecular weight is 288 g/mol. The number of Topliss-reactive ketones (excluding diaryl/α,β-unsaturated/α-hetero) is 1. The highest BCUT2D eigenvalue weighted by Gasteiger charge is 2.11. The van der Waals surface area contributed by atoms with Crippen LogP contribution >= 0.6 is 22.6 Å². The molecule has 0 spiro atoms. The fourth-order valence-corrected chi connectivity index (χ4v) is 2.22. The van der Waals surface area contributed by atoms with Crippen LogP contribution in [0.3, 0.4) is 0 Å². The minimum atomic E-state index is 0.00519. The van der Waals surface area contributed by atoms with E-state index in [1.54, 1.807) is 19.1 Å². The summed E-state index contributed by atoms with van der Waals surface area (Å²) in [6.45, 7) is 3.31. The molecule has 0 saturated carbocycles. The Hall–Kier alpha value is -0.710. The smallest absolute Gasteiger partial charge is 0.161 e. The summed E-state index contributed by atoms with van der Waals surface area (Å²) in [6, 6.07) is 3.52. The van der Waals surface area contributed by atoms with Gasteiger partial charge in [-0.2, -0.15) is 0 Å². The van der Waals surface area contributed by atoms with Crippen LogP contribution in [0.4, 0.5) is 0 Å². The normalized spacial score (nSPS) is 9.77. The van der Waals surface area contributed by atoms with Crippen molar-refractivity contribution in [3.8, 4) is 0 Å². The third kappa shape index (κ3) is 1.96. The van der Waals surface area contributed by atoms with Crippen molar-refractivity contribution in [2.75, 3.05) is 0 Å². The summed E-state index contributed by atoms with van der Waals surface area (Å²) in [5, 5.41) is 0. The molecule has 0 saturated heterocycles. The molecule has 0 aromatic heterocycles. The molecule has 1 aromatic rings. The van der Waals surface area contributed by atoms with E-state index in [9.17, 15) is 9.59 Å². The lowest BCUT2D eigenvalue weighted by Crippen LogP contribution is -2.02. The number of ketones is 1. The molecule has 68 valence electrons. The van der Waals surface area contributed by atoms with Gasteiger partial charge in [-0.1, -0.05) is 6.07 Å². The second-order valence-corrected chi connectivity index (χ2v) is 3.97. The van der Waals surface area contributed by atoms with E-state index in [1.807, 2.05) is 0 Å². The molecule has 0 atom stereocenters. The van der Waals surface area contributed by atoms with Crippen LogP contribution in [-0.2, 0) is 0 Å². The Morgan fingerprint density at radius 2 is 2.08 bits per heavy atom. The van der Waals surface area contributed by atoms with E-state index in [1.165, 1.54) is 6.92 Å². The Balaban J connectivity index is 3.47. The van der Waals surface area contributed by atoms with Crippen molar-refractivity contribution in [2.45, 2.75) is 13.8 Å². The molecule has 1 aromatic carbocycles. The Labute approximate surface area is 90.5 Å². The summed E-state index contributed by atoms with van der Waals surface area (Å²) in [5.74, 6) is 0.00519. The standard InChI is InChI=1S/C10H9IO2/c1-6-8(5-12)3-4-9(11)10(6)7(2)13/h3-5H,1-2H3. The number of aldehydes is 1. The van der Waals surface area contributed by atoms with Gasteiger partial charge in [0.15, 0.2) is 5.78 Å². The van der Waals surface area contributed by atoms with E-state index in [0.29, 0.717) is 11.1 Å². The van der Waals surface area contributed by atoms with Crippen molar-refractivity contribution in [3.05, 3.63) is 32.4 Å². The molecule has 2 nitrogen and oxygen atoms in total. The first-order valence-electron chi connectivity index (χ1n) is 3.83. The number of halogens is 1. The molecule has 0 amide bonds. The third-order valence-corrected chi connectivity index (χ3v) is 2.83. The second kappa shape index (κ2) is 4.00. The molecule has 0 unspecified atom stereocenters. The van der Waals surface area contributed by atoms with E-state index >= 15 is 0 Å². The van der Waals surface area contributed by atoms with E-state index in [4.69, 9.17) is 0 Å². The van der Waals surface area contributed by atoms with Crippen molar-refractivity contribution in [3.63, 3.8) is 0 Å². The van der Waals surface area contributed by atoms with Crippen LogP contribution in [0.1, 0.15) is 33.2 Å². The van der Waals surface area contributed by atoms with Crippen molar-refractivity contribution >= 4 is 34.7 Å². The first kappa shape index (κ1) is 10.4. The number of rotatable bonds is 2. The summed E-state index contributed by atoms with van der Waals surface area (Å²) in [6.07, 6.45) is 0.776. The molecular weight excluding hydrogens is 279 g/mol. The van der Waals surface area contributed by atoms with Gasteiger partial charge in [0.2, 0.25) is 0 Å². The topological polar surface area (TPSA) is 34.1 Å². The zero-order chi connectivity index (χ0) is 10.0. The Morgan fingerprint density at radius 1 is 1.46 bits per heavy atom. The highest BCUT2D eigenvalue weighted by molar-refractivity contribution is 14.1. The number of carbonyl (C=O) groups excluding carboxylic acids is 2. The number of carbonyl (C=O) groups is 2. The van der Waals surface area contributed by atoms with E-state index in [0.717, 1.165) is 15.4 Å². The third-order valence-electron chi connectivity index (χ3n) is 1.94. The Morgan fingerprint density at radius 3 is 2.54 bits per heavy atom. The zero-order valence-corrected chi connectivity index (χ0v) is 9.58. The highest BCUT2D eigenvalue weighted by atomic mass is 127. The lowest BCUT2D eigenvalue weighted by molar-refractivity contribution is 0.101. The molecule has 0 aliphatic rings. The molecule has 13 heavy (non-hydrogen) atoms. The molecule has 0 N–H and O–H groups in total. The van der Waals surface area contributed by atoms with E-state index in [-0.39, 0.29) is 5.78 Å². The molecule has 0 aliphatic carbocycles. The summed E-state index contributed by atoms with van der Waals surface area (Å²) in [4.78, 5) is 21.8. The molecule has 0 fully saturated rings. The maximum absolute atomic E-state index is 11.2. The zero-order valence-electron chi connectivity index (χ0n) is 7.43. The fourth-order valence-electron chi connectivity index (χ4n) is 1.25. The molecule has 0 radical (unpaired) electrons. The van der Waals surface area contributed by atoms with Crippen molar-refractivity contribution in [1.29, 1.82) is 0 Å². The minimum Gasteiger partial charge on any atom is -0.298 e. The van der Waals surface area contributed by atoms with Gasteiger partial charge in [0, 0.05) is 14.7 Å². The first-order valence-corrected chi connectivity index (χ1v) is 4.91. The largest absolute Gasteiger partial charge is 0.298 e. The van der Waals surface area contributed by atoms with Gasteiger partial charge >= 0.3 is 0 Å². The van der Waals surface area contributed by atoms with Gasteiger partial charge in [0.25, 0.3) is 0 Å². The van der Waals surface area contributed by atoms with Gasteiger partial charge in [-0.15, -0.1) is 0 Å². The number of hydrogen-bond acceptors (Lipinski definition) is 2. The lowest BCUT2D eigenvalue weighted by Gasteiger charge is -2.06. The maximum atomic E-state index is 11.2. The molecule has 0 aliphatic heterocycles. The van der Waals surface area contributed by atoms with E-state index in [2.05, 4.69) is 22.6 Å². The molecule has 0 bridgehead atoms. The quantitative estimate of drug-likeness (QED) is 0.476. The number of benzene rings is 1. The van der Waals surface area contributed by atoms with Gasteiger partial charge in [-0.3, -0.25) is 9.59 Å². The van der Waals surface area contributed by atoms with Crippen LogP contribution in [0.15, 0.2) is 12.1 Å². The van der Waals surface area contributed by atoms with Crippen LogP contribution in [-0.4, -0.2) is 12.1 Å². The first-order chi connectivity index (χ1) is 6.07. The lowest BCUT2D eigenvalue weighted by atomic mass is 10.0. The monoisotopic (exact) mass is 288 g/mol. The van der Waals surface area contributed by atoms with Crippen LogP contribution in [0.25, 0.3) is 0 Å². The Bertz CT molecular complexity index is 369. The van der Waals surface area contributed by atoms with E-state index < -0.39 is 0 Å². The molecule has 0 heterocycles. The van der Waals surface area contributed by atoms with Crippen LogP contribution in [0, 0.1) is 10.5 Å². The van der Waals surface area contributed by atoms with Gasteiger partial charge in [-0.05, 0) is 48.1 Å². The average Bonchev–Trinajstić information content (AvgIpc) is 2.04. The highest BCUT2D eigenvalue weighted by Crippen LogP contribution is 2.19. The summed E-state index contributed by atoms with van der Waals surface area (Å²) in [5.41, 5.74) is 2.02. The van der Waals surface area contributed by atoms with Crippen LogP contribution in [0.5, 0.6) is 0 Å². The fraction of sp³-hybridized carbons (Fsp3) is 0.200. The van der Waals surface area contributed by atoms with Crippen LogP contribution < -0.4 is 0 Å². The minimum absolute atomic E-state index is 0.00519.